The number of rotatable bonds is 4. The Morgan fingerprint density at radius 3 is 2.59 bits per heavy atom. The molecule has 1 atom stereocenters. The highest BCUT2D eigenvalue weighted by Gasteiger charge is 2.53. The predicted octanol–water partition coefficient (Wildman–Crippen LogP) is 1.91. The fourth-order valence-electron chi connectivity index (χ4n) is 4.00. The minimum atomic E-state index is -0.501. The lowest BCUT2D eigenvalue weighted by Gasteiger charge is -2.32. The molecule has 1 aromatic rings. The highest BCUT2D eigenvalue weighted by Crippen LogP contribution is 2.26. The number of likely N-dealkylation sites (N-methyl/N-ethyl adjacent to an activating group) is 2. The number of anilines is 1. The van der Waals surface area contributed by atoms with Crippen LogP contribution in [0.5, 0.6) is 0 Å². The van der Waals surface area contributed by atoms with Crippen molar-refractivity contribution in [1.29, 1.82) is 0 Å². The fraction of sp³-hybridized carbons (Fsp3) is 0.500. The Bertz CT molecular complexity index is 842. The lowest BCUT2D eigenvalue weighted by atomic mass is 10.1. The molecule has 7 nitrogen and oxygen atoms in total. The molecule has 0 bridgehead atoms. The van der Waals surface area contributed by atoms with Gasteiger partial charge < -0.3 is 0 Å². The Morgan fingerprint density at radius 2 is 1.89 bits per heavy atom. The third-order valence-corrected chi connectivity index (χ3v) is 5.60. The number of hydrogen-bond donors (Lipinski definition) is 0. The second-order valence-corrected chi connectivity index (χ2v) is 7.38. The summed E-state index contributed by atoms with van der Waals surface area (Å²) >= 11 is 0. The molecule has 1 unspecified atom stereocenters. The lowest BCUT2D eigenvalue weighted by molar-refractivity contribution is -0.539. The highest BCUT2D eigenvalue weighted by molar-refractivity contribution is 6.23. The van der Waals surface area contributed by atoms with E-state index in [1.165, 1.54) is 35.3 Å². The van der Waals surface area contributed by atoms with Gasteiger partial charge in [-0.1, -0.05) is 30.5 Å². The average molecular weight is 368 g/mol. The quantitative estimate of drug-likeness (QED) is 0.763. The van der Waals surface area contributed by atoms with E-state index in [-0.39, 0.29) is 11.9 Å². The molecule has 1 aromatic carbocycles. The molecular formula is C20H26N5O2+. The van der Waals surface area contributed by atoms with Crippen molar-refractivity contribution in [1.82, 2.24) is 9.80 Å². The Morgan fingerprint density at radius 1 is 1.15 bits per heavy atom. The third-order valence-electron chi connectivity index (χ3n) is 5.60. The van der Waals surface area contributed by atoms with Crippen LogP contribution >= 0.6 is 0 Å². The standard InChI is InChI=1S/C20H26N5O2/c1-4-5-7-14-8-10-15(11-9-14)24-12-6-13-25-16-17(21-19(24)25)22(2)20(27)23(3)18(16)26/h8-11,16H,4-7,12-13H2,1-3H3/q+1. The van der Waals surface area contributed by atoms with Crippen LogP contribution in [0.2, 0.25) is 0 Å². The van der Waals surface area contributed by atoms with Gasteiger partial charge in [0.15, 0.2) is 0 Å². The number of carbonyl (C=O) groups is 2. The van der Waals surface area contributed by atoms with Gasteiger partial charge in [-0.2, -0.15) is 0 Å². The van der Waals surface area contributed by atoms with Crippen molar-refractivity contribution in [3.05, 3.63) is 29.8 Å². The van der Waals surface area contributed by atoms with E-state index in [1.807, 2.05) is 4.58 Å². The molecule has 3 aliphatic rings. The first-order valence-corrected chi connectivity index (χ1v) is 9.67. The zero-order valence-corrected chi connectivity index (χ0v) is 16.2. The summed E-state index contributed by atoms with van der Waals surface area (Å²) in [5, 5.41) is 0. The van der Waals surface area contributed by atoms with E-state index >= 15 is 0 Å². The second-order valence-electron chi connectivity index (χ2n) is 7.38. The van der Waals surface area contributed by atoms with Crippen molar-refractivity contribution in [2.45, 2.75) is 38.6 Å². The van der Waals surface area contributed by atoms with Crippen LogP contribution in [0.4, 0.5) is 10.5 Å². The Labute approximate surface area is 159 Å². The van der Waals surface area contributed by atoms with Gasteiger partial charge in [0, 0.05) is 20.5 Å². The van der Waals surface area contributed by atoms with Crippen molar-refractivity contribution in [3.8, 4) is 0 Å². The molecule has 0 spiro atoms. The molecule has 4 rings (SSSR count). The zero-order chi connectivity index (χ0) is 19.1. The van der Waals surface area contributed by atoms with Crippen LogP contribution < -0.4 is 4.90 Å². The molecule has 0 N–H and O–H groups in total. The Hall–Kier alpha value is -2.70. The van der Waals surface area contributed by atoms with Crippen LogP contribution in [-0.4, -0.2) is 71.3 Å². The second kappa shape index (κ2) is 6.79. The fourth-order valence-corrected chi connectivity index (χ4v) is 4.00. The van der Waals surface area contributed by atoms with E-state index in [2.05, 4.69) is 36.1 Å². The van der Waals surface area contributed by atoms with Crippen LogP contribution in [0.15, 0.2) is 29.3 Å². The van der Waals surface area contributed by atoms with Gasteiger partial charge in [0.1, 0.15) is 5.69 Å². The number of imide groups is 1. The van der Waals surface area contributed by atoms with Crippen molar-refractivity contribution in [3.63, 3.8) is 0 Å². The molecule has 0 radical (unpaired) electrons. The molecule has 0 saturated carbocycles. The monoisotopic (exact) mass is 368 g/mol. The first-order valence-electron chi connectivity index (χ1n) is 9.67. The molecule has 1 saturated heterocycles. The van der Waals surface area contributed by atoms with Gasteiger partial charge in [-0.15, -0.1) is 0 Å². The van der Waals surface area contributed by atoms with Gasteiger partial charge in [0.2, 0.25) is 11.9 Å². The number of aliphatic imine (C=N–C) groups is 1. The first kappa shape index (κ1) is 17.7. The maximum Gasteiger partial charge on any atom is 0.397 e. The molecular weight excluding hydrogens is 342 g/mol. The average Bonchev–Trinajstić information content (AvgIpc) is 3.09. The maximum absolute atomic E-state index is 12.7. The number of benzene rings is 1. The molecule has 0 aromatic heterocycles. The molecule has 3 heterocycles. The summed E-state index contributed by atoms with van der Waals surface area (Å²) in [5.41, 5.74) is 2.42. The molecule has 1 fully saturated rings. The lowest BCUT2D eigenvalue weighted by Crippen LogP contribution is -2.62. The van der Waals surface area contributed by atoms with Crippen LogP contribution in [0, 0.1) is 0 Å². The van der Waals surface area contributed by atoms with E-state index in [0.717, 1.165) is 37.6 Å². The number of guanidine groups is 1. The van der Waals surface area contributed by atoms with E-state index in [1.54, 1.807) is 7.05 Å². The summed E-state index contributed by atoms with van der Waals surface area (Å²) in [6.45, 7) is 3.82. The van der Waals surface area contributed by atoms with E-state index < -0.39 is 6.04 Å². The highest BCUT2D eigenvalue weighted by atomic mass is 16.2. The number of amides is 3. The van der Waals surface area contributed by atoms with Gasteiger partial charge in [-0.05, 0) is 30.5 Å². The van der Waals surface area contributed by atoms with Crippen molar-refractivity contribution < 1.29 is 14.2 Å². The Kier molecular flexibility index (Phi) is 4.45. The number of unbranched alkanes of at least 4 members (excludes halogenated alkanes) is 1. The van der Waals surface area contributed by atoms with Gasteiger partial charge in [-0.25, -0.2) is 14.3 Å². The molecule has 3 aliphatic heterocycles. The zero-order valence-electron chi connectivity index (χ0n) is 16.2. The molecule has 142 valence electrons. The number of hydrogen-bond acceptors (Lipinski definition) is 4. The molecule has 7 heteroatoms. The smallest absolute Gasteiger partial charge is 0.270 e. The number of amidine groups is 1. The summed E-state index contributed by atoms with van der Waals surface area (Å²) in [6.07, 6.45) is 4.42. The molecule has 3 amide bonds. The number of urea groups is 1. The van der Waals surface area contributed by atoms with Crippen molar-refractivity contribution in [2.24, 2.45) is 4.99 Å². The normalized spacial score (nSPS) is 22.3. The molecule has 27 heavy (non-hydrogen) atoms. The van der Waals surface area contributed by atoms with E-state index in [9.17, 15) is 9.59 Å². The van der Waals surface area contributed by atoms with Crippen LogP contribution in [0.25, 0.3) is 0 Å². The van der Waals surface area contributed by atoms with Gasteiger partial charge in [-0.3, -0.25) is 14.6 Å². The predicted molar refractivity (Wildman–Crippen MR) is 104 cm³/mol. The largest absolute Gasteiger partial charge is 0.397 e. The first-order chi connectivity index (χ1) is 13.0. The Balaban J connectivity index is 1.67. The van der Waals surface area contributed by atoms with E-state index in [0.29, 0.717) is 5.84 Å². The van der Waals surface area contributed by atoms with Gasteiger partial charge >= 0.3 is 12.0 Å². The number of fused-ring (bicyclic) bond motifs is 2. The maximum atomic E-state index is 12.7. The van der Waals surface area contributed by atoms with Crippen molar-refractivity contribution >= 4 is 29.4 Å². The van der Waals surface area contributed by atoms with Crippen LogP contribution in [0.1, 0.15) is 31.7 Å². The number of carbonyl (C=O) groups excluding carboxylic acids is 2. The summed E-state index contributed by atoms with van der Waals surface area (Å²) in [4.78, 5) is 34.6. The third kappa shape index (κ3) is 2.81. The van der Waals surface area contributed by atoms with Crippen molar-refractivity contribution in [2.75, 3.05) is 32.1 Å². The summed E-state index contributed by atoms with van der Waals surface area (Å²) < 4.78 is 2.03. The number of aryl methyl sites for hydroxylation is 1. The minimum Gasteiger partial charge on any atom is -0.270 e. The van der Waals surface area contributed by atoms with E-state index in [4.69, 9.17) is 4.99 Å². The van der Waals surface area contributed by atoms with Crippen LogP contribution in [0.3, 0.4) is 0 Å². The summed E-state index contributed by atoms with van der Waals surface area (Å²) in [5.74, 6) is 1.10. The summed E-state index contributed by atoms with van der Waals surface area (Å²) in [6, 6.07) is 7.78. The number of nitrogens with zero attached hydrogens (tertiary/aromatic N) is 5. The van der Waals surface area contributed by atoms with Gasteiger partial charge in [0.25, 0.3) is 5.91 Å². The molecule has 0 aliphatic carbocycles. The summed E-state index contributed by atoms with van der Waals surface area (Å²) in [7, 11) is 3.22. The SMILES string of the molecule is CCCCc1ccc(N2CCC[N+]3=C2N=C2C3C(=O)N(C)C(=O)N2C)cc1. The van der Waals surface area contributed by atoms with Gasteiger partial charge in [0.05, 0.1) is 13.1 Å². The topological polar surface area (TPSA) is 59.2 Å². The van der Waals surface area contributed by atoms with Crippen LogP contribution in [-0.2, 0) is 11.2 Å². The minimum absolute atomic E-state index is 0.205.